The zero-order chi connectivity index (χ0) is 15.6. The first-order valence-corrected chi connectivity index (χ1v) is 6.96. The third-order valence-electron chi connectivity index (χ3n) is 2.86. The Morgan fingerprint density at radius 2 is 1.09 bits per heavy atom. The predicted octanol–water partition coefficient (Wildman–Crippen LogP) is 4.76. The highest BCUT2D eigenvalue weighted by Gasteiger charge is 1.93. The molecule has 3 nitrogen and oxygen atoms in total. The van der Waals surface area contributed by atoms with Crippen LogP contribution in [0.2, 0.25) is 0 Å². The number of nitrogen functional groups attached to an aromatic ring is 1. The number of nitrogens with two attached hydrogens (primary N) is 1. The summed E-state index contributed by atoms with van der Waals surface area (Å²) >= 11 is 0. The molecule has 0 aliphatic rings. The number of para-hydroxylation sites is 4. The normalized spacial score (nSPS) is 9.32. The summed E-state index contributed by atoms with van der Waals surface area (Å²) in [4.78, 5) is 0. The molecule has 0 atom stereocenters. The third kappa shape index (κ3) is 4.87. The van der Waals surface area contributed by atoms with E-state index in [-0.39, 0.29) is 0 Å². The first-order valence-electron chi connectivity index (χ1n) is 6.96. The standard InChI is InChI=1S/C12H10O.C7H9NO/c1-3-7-11(8-4-1)13-12-9-5-2-6-10-12;1-9-7-5-3-2-4-6(7)8/h1-10H;2-5H,8H2,1H3. The van der Waals surface area contributed by atoms with E-state index < -0.39 is 0 Å². The Hall–Kier alpha value is -2.94. The lowest BCUT2D eigenvalue weighted by Crippen LogP contribution is -1.89. The molecule has 0 saturated heterocycles. The fraction of sp³-hybridized carbons (Fsp3) is 0.0526. The highest BCUT2D eigenvalue weighted by molar-refractivity contribution is 5.51. The number of anilines is 1. The molecule has 22 heavy (non-hydrogen) atoms. The zero-order valence-corrected chi connectivity index (χ0v) is 12.5. The van der Waals surface area contributed by atoms with Crippen molar-refractivity contribution in [2.75, 3.05) is 12.8 Å². The van der Waals surface area contributed by atoms with Gasteiger partial charge in [-0.15, -0.1) is 0 Å². The van der Waals surface area contributed by atoms with Crippen molar-refractivity contribution in [1.82, 2.24) is 0 Å². The lowest BCUT2D eigenvalue weighted by atomic mass is 10.3. The zero-order valence-electron chi connectivity index (χ0n) is 12.5. The minimum absolute atomic E-state index is 0.681. The van der Waals surface area contributed by atoms with Crippen molar-refractivity contribution >= 4 is 5.69 Å². The number of hydrogen-bond donors (Lipinski definition) is 1. The highest BCUT2D eigenvalue weighted by Crippen LogP contribution is 2.19. The van der Waals surface area contributed by atoms with Gasteiger partial charge in [0.2, 0.25) is 0 Å². The summed E-state index contributed by atoms with van der Waals surface area (Å²) in [7, 11) is 1.60. The van der Waals surface area contributed by atoms with E-state index in [1.54, 1.807) is 13.2 Å². The second kappa shape index (κ2) is 8.37. The second-order valence-electron chi connectivity index (χ2n) is 4.47. The molecular formula is C19H19NO2. The molecule has 3 heteroatoms. The van der Waals surface area contributed by atoms with Crippen LogP contribution < -0.4 is 15.2 Å². The summed E-state index contributed by atoms with van der Waals surface area (Å²) in [6.45, 7) is 0. The van der Waals surface area contributed by atoms with Crippen LogP contribution in [0.3, 0.4) is 0 Å². The number of hydrogen-bond acceptors (Lipinski definition) is 3. The molecule has 112 valence electrons. The summed E-state index contributed by atoms with van der Waals surface area (Å²) in [5, 5.41) is 0. The second-order valence-corrected chi connectivity index (χ2v) is 4.47. The maximum Gasteiger partial charge on any atom is 0.141 e. The molecule has 3 aromatic carbocycles. The Kier molecular flexibility index (Phi) is 5.88. The number of rotatable bonds is 3. The average Bonchev–Trinajstić information content (AvgIpc) is 2.58. The monoisotopic (exact) mass is 293 g/mol. The van der Waals surface area contributed by atoms with Gasteiger partial charge in [0.05, 0.1) is 12.8 Å². The Labute approximate surface area is 130 Å². The van der Waals surface area contributed by atoms with Gasteiger partial charge in [-0.05, 0) is 36.4 Å². The summed E-state index contributed by atoms with van der Waals surface area (Å²) in [6.07, 6.45) is 0. The third-order valence-corrected chi connectivity index (χ3v) is 2.86. The molecule has 0 bridgehead atoms. The summed E-state index contributed by atoms with van der Waals surface area (Å²) < 4.78 is 10.5. The van der Waals surface area contributed by atoms with Crippen molar-refractivity contribution in [3.63, 3.8) is 0 Å². The van der Waals surface area contributed by atoms with E-state index in [1.165, 1.54) is 0 Å². The molecule has 0 unspecified atom stereocenters. The van der Waals surface area contributed by atoms with E-state index in [2.05, 4.69) is 0 Å². The van der Waals surface area contributed by atoms with Gasteiger partial charge in [0.1, 0.15) is 17.2 Å². The number of ether oxygens (including phenoxy) is 2. The molecule has 0 saturated carbocycles. The molecule has 0 fully saturated rings. The number of methoxy groups -OCH3 is 1. The number of benzene rings is 3. The molecule has 0 radical (unpaired) electrons. The van der Waals surface area contributed by atoms with Gasteiger partial charge in [-0.25, -0.2) is 0 Å². The van der Waals surface area contributed by atoms with Gasteiger partial charge in [-0.3, -0.25) is 0 Å². The molecule has 0 amide bonds. The molecule has 3 rings (SSSR count). The van der Waals surface area contributed by atoms with Gasteiger partial charge < -0.3 is 15.2 Å². The Morgan fingerprint density at radius 3 is 1.50 bits per heavy atom. The molecule has 0 heterocycles. The summed E-state index contributed by atoms with van der Waals surface area (Å²) in [6, 6.07) is 26.9. The molecular weight excluding hydrogens is 274 g/mol. The van der Waals surface area contributed by atoms with Crippen LogP contribution in [0.1, 0.15) is 0 Å². The minimum Gasteiger partial charge on any atom is -0.495 e. The Morgan fingerprint density at radius 1 is 0.636 bits per heavy atom. The van der Waals surface area contributed by atoms with Crippen LogP contribution in [0.5, 0.6) is 17.2 Å². The van der Waals surface area contributed by atoms with Crippen LogP contribution in [0.4, 0.5) is 5.69 Å². The molecule has 3 aromatic rings. The predicted molar refractivity (Wildman–Crippen MR) is 90.4 cm³/mol. The van der Waals surface area contributed by atoms with Crippen LogP contribution >= 0.6 is 0 Å². The molecule has 0 aliphatic carbocycles. The van der Waals surface area contributed by atoms with E-state index in [0.717, 1.165) is 17.2 Å². The van der Waals surface area contributed by atoms with Crippen LogP contribution in [0.15, 0.2) is 84.9 Å². The lowest BCUT2D eigenvalue weighted by molar-refractivity contribution is 0.417. The van der Waals surface area contributed by atoms with Crippen molar-refractivity contribution in [3.8, 4) is 17.2 Å². The van der Waals surface area contributed by atoms with Gasteiger partial charge in [0.15, 0.2) is 0 Å². The Bertz CT molecular complexity index is 632. The van der Waals surface area contributed by atoms with Crippen molar-refractivity contribution in [1.29, 1.82) is 0 Å². The van der Waals surface area contributed by atoms with Crippen LogP contribution in [0, 0.1) is 0 Å². The van der Waals surface area contributed by atoms with Gasteiger partial charge in [0, 0.05) is 0 Å². The average molecular weight is 293 g/mol. The first-order chi connectivity index (χ1) is 10.8. The quantitative estimate of drug-likeness (QED) is 0.708. The van der Waals surface area contributed by atoms with Gasteiger partial charge in [0.25, 0.3) is 0 Å². The van der Waals surface area contributed by atoms with Crippen molar-refractivity contribution in [3.05, 3.63) is 84.9 Å². The van der Waals surface area contributed by atoms with Crippen molar-refractivity contribution < 1.29 is 9.47 Å². The van der Waals surface area contributed by atoms with Gasteiger partial charge in [-0.1, -0.05) is 48.5 Å². The van der Waals surface area contributed by atoms with Crippen LogP contribution in [-0.2, 0) is 0 Å². The highest BCUT2D eigenvalue weighted by atomic mass is 16.5. The molecule has 0 spiro atoms. The fourth-order valence-corrected chi connectivity index (χ4v) is 1.78. The maximum absolute atomic E-state index is 5.58. The largest absolute Gasteiger partial charge is 0.495 e. The first kappa shape index (κ1) is 15.4. The summed E-state index contributed by atoms with van der Waals surface area (Å²) in [5.74, 6) is 2.47. The molecule has 2 N–H and O–H groups in total. The molecule has 0 aliphatic heterocycles. The van der Waals surface area contributed by atoms with E-state index >= 15 is 0 Å². The van der Waals surface area contributed by atoms with E-state index in [0.29, 0.717) is 5.69 Å². The summed E-state index contributed by atoms with van der Waals surface area (Å²) in [5.41, 5.74) is 6.19. The van der Waals surface area contributed by atoms with Gasteiger partial charge in [-0.2, -0.15) is 0 Å². The Balaban J connectivity index is 0.000000172. The van der Waals surface area contributed by atoms with Gasteiger partial charge >= 0.3 is 0 Å². The van der Waals surface area contributed by atoms with E-state index in [4.69, 9.17) is 15.2 Å². The fourth-order valence-electron chi connectivity index (χ4n) is 1.78. The maximum atomic E-state index is 5.58. The molecule has 0 aromatic heterocycles. The topological polar surface area (TPSA) is 44.5 Å². The van der Waals surface area contributed by atoms with Crippen molar-refractivity contribution in [2.45, 2.75) is 0 Å². The van der Waals surface area contributed by atoms with Crippen molar-refractivity contribution in [2.24, 2.45) is 0 Å². The van der Waals surface area contributed by atoms with Crippen LogP contribution in [-0.4, -0.2) is 7.11 Å². The smallest absolute Gasteiger partial charge is 0.141 e. The minimum atomic E-state index is 0.681. The van der Waals surface area contributed by atoms with E-state index in [9.17, 15) is 0 Å². The lowest BCUT2D eigenvalue weighted by Gasteiger charge is -2.03. The van der Waals surface area contributed by atoms with Crippen LogP contribution in [0.25, 0.3) is 0 Å². The van der Waals surface area contributed by atoms with E-state index in [1.807, 2.05) is 78.9 Å². The SMILES string of the molecule is COc1ccccc1N.c1ccc(Oc2ccccc2)cc1.